The van der Waals surface area contributed by atoms with E-state index in [1.165, 1.54) is 0 Å². The first-order chi connectivity index (χ1) is 13.9. The van der Waals surface area contributed by atoms with Crippen molar-refractivity contribution in [2.75, 3.05) is 17.8 Å². The smallest absolute Gasteiger partial charge is 0.238 e. The molecule has 1 aromatic heterocycles. The lowest BCUT2D eigenvalue weighted by Gasteiger charge is -2.18. The first-order valence-corrected chi connectivity index (χ1v) is 12.4. The van der Waals surface area contributed by atoms with Gasteiger partial charge >= 0.3 is 0 Å². The van der Waals surface area contributed by atoms with Crippen molar-refractivity contribution in [2.45, 2.75) is 39.1 Å². The molecule has 0 bridgehead atoms. The van der Waals surface area contributed by atoms with Gasteiger partial charge in [-0.3, -0.25) is 4.79 Å². The topological polar surface area (TPSA) is 97.6 Å². The lowest BCUT2D eigenvalue weighted by Crippen LogP contribution is -2.47. The van der Waals surface area contributed by atoms with E-state index in [2.05, 4.69) is 10.0 Å². The molecule has 0 radical (unpaired) electrons. The summed E-state index contributed by atoms with van der Waals surface area (Å²) in [4.78, 5) is 12.5. The zero-order chi connectivity index (χ0) is 21.1. The largest absolute Gasteiger partial charge is 0.467 e. The van der Waals surface area contributed by atoms with Gasteiger partial charge in [-0.2, -0.15) is 11.8 Å². The monoisotopic (exact) mass is 440 g/mol. The summed E-state index contributed by atoms with van der Waals surface area (Å²) in [6, 6.07) is 10.6. The molecule has 160 valence electrons. The van der Waals surface area contributed by atoms with Crippen molar-refractivity contribution < 1.29 is 22.4 Å². The van der Waals surface area contributed by atoms with Crippen LogP contribution >= 0.6 is 11.8 Å². The van der Waals surface area contributed by atoms with Crippen LogP contribution in [0.2, 0.25) is 0 Å². The van der Waals surface area contributed by atoms with Gasteiger partial charge in [0, 0.05) is 6.54 Å². The van der Waals surface area contributed by atoms with Gasteiger partial charge in [0.25, 0.3) is 0 Å². The van der Waals surface area contributed by atoms with Crippen molar-refractivity contribution >= 4 is 27.7 Å². The summed E-state index contributed by atoms with van der Waals surface area (Å²) in [5.41, 5.74) is 1.90. The van der Waals surface area contributed by atoms with Crippen LogP contribution in [0, 0.1) is 0 Å². The lowest BCUT2D eigenvalue weighted by molar-refractivity contribution is -0.122. The maximum absolute atomic E-state index is 12.5. The van der Waals surface area contributed by atoms with Gasteiger partial charge < -0.3 is 14.5 Å². The molecule has 29 heavy (non-hydrogen) atoms. The summed E-state index contributed by atoms with van der Waals surface area (Å²) >= 11 is 1.57. The number of ether oxygens (including phenoxy) is 1. The number of hydrogen-bond donors (Lipinski definition) is 2. The van der Waals surface area contributed by atoms with E-state index in [1.807, 2.05) is 42.7 Å². The molecule has 1 amide bonds. The predicted octanol–water partition coefficient (Wildman–Crippen LogP) is 2.67. The molecule has 2 aromatic rings. The van der Waals surface area contributed by atoms with Crippen LogP contribution in [0.4, 0.5) is 0 Å². The average molecular weight is 441 g/mol. The van der Waals surface area contributed by atoms with Crippen LogP contribution in [0.1, 0.15) is 30.2 Å². The van der Waals surface area contributed by atoms with Crippen LogP contribution in [-0.2, 0) is 39.3 Å². The van der Waals surface area contributed by atoms with Gasteiger partial charge in [-0.15, -0.1) is 0 Å². The molecule has 1 unspecified atom stereocenters. The molecule has 0 aliphatic heterocycles. The highest BCUT2D eigenvalue weighted by atomic mass is 32.2. The van der Waals surface area contributed by atoms with Gasteiger partial charge in [0.1, 0.15) is 18.4 Å². The van der Waals surface area contributed by atoms with E-state index in [0.717, 1.165) is 16.9 Å². The summed E-state index contributed by atoms with van der Waals surface area (Å²) in [6.07, 6.45) is 3.96. The third-order valence-corrected chi connectivity index (χ3v) is 6.23. The summed E-state index contributed by atoms with van der Waals surface area (Å²) in [5.74, 6) is 1.07. The number of amides is 1. The molecule has 0 aliphatic carbocycles. The molecule has 0 aliphatic rings. The Morgan fingerprint density at radius 2 is 2.00 bits per heavy atom. The van der Waals surface area contributed by atoms with E-state index >= 15 is 0 Å². The van der Waals surface area contributed by atoms with E-state index < -0.39 is 16.1 Å². The van der Waals surface area contributed by atoms with Crippen LogP contribution in [0.3, 0.4) is 0 Å². The van der Waals surface area contributed by atoms with Crippen molar-refractivity contribution in [3.63, 3.8) is 0 Å². The fourth-order valence-corrected chi connectivity index (χ4v) is 3.88. The molecule has 2 N–H and O–H groups in total. The van der Waals surface area contributed by atoms with Crippen LogP contribution in [0.5, 0.6) is 0 Å². The number of rotatable bonds is 13. The lowest BCUT2D eigenvalue weighted by atomic mass is 10.1. The summed E-state index contributed by atoms with van der Waals surface area (Å²) in [6.45, 7) is 2.68. The Bertz CT molecular complexity index is 854. The number of thioether (sulfide) groups is 1. The predicted molar refractivity (Wildman–Crippen MR) is 115 cm³/mol. The molecule has 1 heterocycles. The van der Waals surface area contributed by atoms with E-state index in [4.69, 9.17) is 9.15 Å². The minimum absolute atomic E-state index is 0.0594. The number of nitrogens with one attached hydrogen (secondary N) is 2. The number of carbonyl (C=O) groups excluding carboxylic acids is 1. The molecule has 7 nitrogen and oxygen atoms in total. The molecule has 1 atom stereocenters. The number of carbonyl (C=O) groups is 1. The van der Waals surface area contributed by atoms with Crippen LogP contribution in [-0.4, -0.2) is 38.1 Å². The molecule has 2 rings (SSSR count). The zero-order valence-electron chi connectivity index (χ0n) is 16.7. The second-order valence-corrected chi connectivity index (χ2v) is 9.49. The van der Waals surface area contributed by atoms with Crippen molar-refractivity contribution in [3.05, 3.63) is 59.5 Å². The first kappa shape index (κ1) is 23.5. The zero-order valence-corrected chi connectivity index (χ0v) is 18.4. The van der Waals surface area contributed by atoms with Crippen molar-refractivity contribution in [1.29, 1.82) is 0 Å². The molecule has 0 spiro atoms. The SMILES string of the molecule is CCS(=O)(=O)NC(CCSC)C(=O)NCc1cccc(COCc2ccco2)c1. The minimum atomic E-state index is -3.46. The quantitative estimate of drug-likeness (QED) is 0.497. The van der Waals surface area contributed by atoms with Crippen LogP contribution in [0.25, 0.3) is 0 Å². The van der Waals surface area contributed by atoms with Gasteiger partial charge in [-0.25, -0.2) is 13.1 Å². The number of furan rings is 1. The highest BCUT2D eigenvalue weighted by Crippen LogP contribution is 2.10. The Hall–Kier alpha value is -1.81. The average Bonchev–Trinajstić information content (AvgIpc) is 3.23. The molecular weight excluding hydrogens is 412 g/mol. The molecule has 9 heteroatoms. The van der Waals surface area contributed by atoms with Crippen LogP contribution < -0.4 is 10.0 Å². The Balaban J connectivity index is 1.88. The van der Waals surface area contributed by atoms with Crippen molar-refractivity contribution in [2.24, 2.45) is 0 Å². The van der Waals surface area contributed by atoms with Crippen molar-refractivity contribution in [3.8, 4) is 0 Å². The Morgan fingerprint density at radius 1 is 1.21 bits per heavy atom. The standard InChI is InChI=1S/C20H28N2O5S2/c1-3-29(24,25)22-19(9-11-28-2)20(23)21-13-16-6-4-7-17(12-16)14-26-15-18-8-5-10-27-18/h4-8,10,12,19,22H,3,9,11,13-15H2,1-2H3,(H,21,23). The Morgan fingerprint density at radius 3 is 2.69 bits per heavy atom. The van der Waals surface area contributed by atoms with E-state index in [9.17, 15) is 13.2 Å². The molecule has 1 aromatic carbocycles. The van der Waals surface area contributed by atoms with Gasteiger partial charge in [0.15, 0.2) is 0 Å². The van der Waals surface area contributed by atoms with Gasteiger partial charge in [-0.05, 0) is 48.6 Å². The third kappa shape index (κ3) is 8.61. The van der Waals surface area contributed by atoms with Gasteiger partial charge in [-0.1, -0.05) is 24.3 Å². The summed E-state index contributed by atoms with van der Waals surface area (Å²) < 4.78 is 37.1. The first-order valence-electron chi connectivity index (χ1n) is 9.38. The number of benzene rings is 1. The second-order valence-electron chi connectivity index (χ2n) is 6.47. The fourth-order valence-electron chi connectivity index (χ4n) is 2.59. The van der Waals surface area contributed by atoms with Gasteiger partial charge in [0.2, 0.25) is 15.9 Å². The molecule has 0 saturated heterocycles. The molecule has 0 fully saturated rings. The van der Waals surface area contributed by atoms with E-state index in [0.29, 0.717) is 31.9 Å². The van der Waals surface area contributed by atoms with E-state index in [1.54, 1.807) is 24.9 Å². The van der Waals surface area contributed by atoms with Crippen molar-refractivity contribution in [1.82, 2.24) is 10.0 Å². The maximum Gasteiger partial charge on any atom is 0.238 e. The Kier molecular flexibility index (Phi) is 9.72. The Labute approximate surface area is 176 Å². The molecular formula is C20H28N2O5S2. The van der Waals surface area contributed by atoms with Gasteiger partial charge in [0.05, 0.1) is 18.6 Å². The highest BCUT2D eigenvalue weighted by Gasteiger charge is 2.22. The summed E-state index contributed by atoms with van der Waals surface area (Å²) in [7, 11) is -3.46. The number of hydrogen-bond acceptors (Lipinski definition) is 6. The van der Waals surface area contributed by atoms with E-state index in [-0.39, 0.29) is 11.7 Å². The normalized spacial score (nSPS) is 12.6. The van der Waals surface area contributed by atoms with Crippen LogP contribution in [0.15, 0.2) is 47.1 Å². The maximum atomic E-state index is 12.5. The molecule has 0 saturated carbocycles. The third-order valence-electron chi connectivity index (χ3n) is 4.18. The fraction of sp³-hybridized carbons (Fsp3) is 0.450. The minimum Gasteiger partial charge on any atom is -0.467 e. The summed E-state index contributed by atoms with van der Waals surface area (Å²) in [5, 5.41) is 2.83. The number of sulfonamides is 1. The highest BCUT2D eigenvalue weighted by molar-refractivity contribution is 7.98. The second kappa shape index (κ2) is 12.0.